The molecule has 3 rings (SSSR count). The van der Waals surface area contributed by atoms with Crippen molar-refractivity contribution in [3.8, 4) is 0 Å². The Bertz CT molecular complexity index is 891. The zero-order valence-electron chi connectivity index (χ0n) is 14.2. The number of thiazole rings is 1. The topological polar surface area (TPSA) is 68.3 Å². The Hall–Kier alpha value is -2.38. The molecular weight excluding hydrogens is 368 g/mol. The van der Waals surface area contributed by atoms with Crippen LogP contribution in [0.1, 0.15) is 12.5 Å². The molecule has 0 saturated heterocycles. The number of carbonyl (C=O) groups excluding carboxylic acids is 2. The van der Waals surface area contributed by atoms with Gasteiger partial charge in [0, 0.05) is 5.69 Å². The first kappa shape index (κ1) is 18.4. The highest BCUT2D eigenvalue weighted by Crippen LogP contribution is 2.29. The van der Waals surface area contributed by atoms with E-state index in [4.69, 9.17) is 4.74 Å². The first-order valence-corrected chi connectivity index (χ1v) is 9.97. The van der Waals surface area contributed by atoms with Crippen molar-refractivity contribution in [2.24, 2.45) is 0 Å². The van der Waals surface area contributed by atoms with E-state index in [0.29, 0.717) is 0 Å². The van der Waals surface area contributed by atoms with Gasteiger partial charge in [0.25, 0.3) is 5.91 Å². The van der Waals surface area contributed by atoms with E-state index < -0.39 is 5.97 Å². The second kappa shape index (κ2) is 8.82. The van der Waals surface area contributed by atoms with E-state index in [0.717, 1.165) is 32.2 Å². The van der Waals surface area contributed by atoms with Crippen LogP contribution in [0.2, 0.25) is 0 Å². The van der Waals surface area contributed by atoms with E-state index in [1.807, 2.05) is 55.5 Å². The molecule has 0 aliphatic heterocycles. The molecule has 3 aromatic rings. The monoisotopic (exact) mass is 386 g/mol. The van der Waals surface area contributed by atoms with Crippen molar-refractivity contribution in [3.05, 3.63) is 54.1 Å². The zero-order valence-corrected chi connectivity index (χ0v) is 15.9. The minimum absolute atomic E-state index is 0.124. The molecule has 2 aromatic carbocycles. The largest absolute Gasteiger partial charge is 0.455 e. The summed E-state index contributed by atoms with van der Waals surface area (Å²) in [6.07, 6.45) is 0.815. The summed E-state index contributed by atoms with van der Waals surface area (Å²) in [6.45, 7) is 1.72. The SMILES string of the molecule is CCc1ccccc1NC(=O)COC(=O)CSc1nc2ccccc2s1. The highest BCUT2D eigenvalue weighted by molar-refractivity contribution is 8.01. The Morgan fingerprint density at radius 3 is 2.73 bits per heavy atom. The summed E-state index contributed by atoms with van der Waals surface area (Å²) in [5.41, 5.74) is 2.71. The van der Waals surface area contributed by atoms with Gasteiger partial charge in [-0.15, -0.1) is 11.3 Å². The molecule has 0 saturated carbocycles. The van der Waals surface area contributed by atoms with Crippen LogP contribution in [-0.4, -0.2) is 29.2 Å². The lowest BCUT2D eigenvalue weighted by Gasteiger charge is -2.09. The average molecular weight is 386 g/mol. The Kier molecular flexibility index (Phi) is 6.25. The molecule has 134 valence electrons. The lowest BCUT2D eigenvalue weighted by Crippen LogP contribution is -2.22. The summed E-state index contributed by atoms with van der Waals surface area (Å²) in [7, 11) is 0. The fourth-order valence-corrected chi connectivity index (χ4v) is 4.22. The second-order valence-corrected chi connectivity index (χ2v) is 7.71. The van der Waals surface area contributed by atoms with Gasteiger partial charge in [0.05, 0.1) is 16.0 Å². The molecular formula is C19H18N2O3S2. The maximum Gasteiger partial charge on any atom is 0.316 e. The number of aromatic nitrogens is 1. The summed E-state index contributed by atoms with van der Waals surface area (Å²) < 4.78 is 6.94. The van der Waals surface area contributed by atoms with E-state index >= 15 is 0 Å². The van der Waals surface area contributed by atoms with Crippen LogP contribution in [0.3, 0.4) is 0 Å². The van der Waals surface area contributed by atoms with E-state index in [1.165, 1.54) is 23.1 Å². The number of esters is 1. The molecule has 0 spiro atoms. The third-order valence-electron chi connectivity index (χ3n) is 3.62. The van der Waals surface area contributed by atoms with Crippen LogP contribution in [0.4, 0.5) is 5.69 Å². The number of thioether (sulfide) groups is 1. The van der Waals surface area contributed by atoms with Gasteiger partial charge in [0.2, 0.25) is 0 Å². The summed E-state index contributed by atoms with van der Waals surface area (Å²) in [6, 6.07) is 15.4. The van der Waals surface area contributed by atoms with Crippen LogP contribution in [0.25, 0.3) is 10.2 Å². The van der Waals surface area contributed by atoms with Crippen molar-refractivity contribution in [1.29, 1.82) is 0 Å². The fraction of sp³-hybridized carbons (Fsp3) is 0.211. The van der Waals surface area contributed by atoms with E-state index in [2.05, 4.69) is 10.3 Å². The Labute approximate surface area is 159 Å². The van der Waals surface area contributed by atoms with Gasteiger partial charge in [0.15, 0.2) is 10.9 Å². The fourth-order valence-electron chi connectivity index (χ4n) is 2.36. The van der Waals surface area contributed by atoms with Gasteiger partial charge in [-0.3, -0.25) is 9.59 Å². The van der Waals surface area contributed by atoms with Crippen LogP contribution in [-0.2, 0) is 20.7 Å². The number of ether oxygens (including phenoxy) is 1. The number of fused-ring (bicyclic) bond motifs is 1. The molecule has 1 N–H and O–H groups in total. The number of nitrogens with zero attached hydrogens (tertiary/aromatic N) is 1. The average Bonchev–Trinajstić information content (AvgIpc) is 3.08. The van der Waals surface area contributed by atoms with Gasteiger partial charge in [-0.1, -0.05) is 49.0 Å². The normalized spacial score (nSPS) is 10.7. The van der Waals surface area contributed by atoms with E-state index in [9.17, 15) is 9.59 Å². The summed E-state index contributed by atoms with van der Waals surface area (Å²) in [5.74, 6) is -0.657. The number of hydrogen-bond donors (Lipinski definition) is 1. The molecule has 26 heavy (non-hydrogen) atoms. The number of hydrogen-bond acceptors (Lipinski definition) is 6. The van der Waals surface area contributed by atoms with Crippen molar-refractivity contribution >= 4 is 50.9 Å². The quantitative estimate of drug-likeness (QED) is 0.488. The number of aryl methyl sites for hydroxylation is 1. The van der Waals surface area contributed by atoms with Crippen LogP contribution >= 0.6 is 23.1 Å². The molecule has 1 amide bonds. The minimum atomic E-state index is -0.437. The van der Waals surface area contributed by atoms with Crippen molar-refractivity contribution in [2.75, 3.05) is 17.7 Å². The Morgan fingerprint density at radius 2 is 1.92 bits per heavy atom. The van der Waals surface area contributed by atoms with Gasteiger partial charge in [-0.2, -0.15) is 0 Å². The maximum atomic E-state index is 12.0. The molecule has 0 fully saturated rings. The standard InChI is InChI=1S/C19H18N2O3S2/c1-2-13-7-3-4-8-14(13)20-17(22)11-24-18(23)12-25-19-21-15-9-5-6-10-16(15)26-19/h3-10H,2,11-12H2,1H3,(H,20,22). The molecule has 0 aliphatic carbocycles. The summed E-state index contributed by atoms with van der Waals surface area (Å²) in [4.78, 5) is 28.3. The number of para-hydroxylation sites is 2. The lowest BCUT2D eigenvalue weighted by molar-refractivity contribution is -0.144. The Morgan fingerprint density at radius 1 is 1.15 bits per heavy atom. The number of amides is 1. The van der Waals surface area contributed by atoms with Crippen LogP contribution in [0, 0.1) is 0 Å². The molecule has 7 heteroatoms. The molecule has 0 aliphatic rings. The van der Waals surface area contributed by atoms with Gasteiger partial charge in [-0.25, -0.2) is 4.98 Å². The predicted octanol–water partition coefficient (Wildman–Crippen LogP) is 4.13. The minimum Gasteiger partial charge on any atom is -0.455 e. The second-order valence-electron chi connectivity index (χ2n) is 5.46. The molecule has 1 heterocycles. The number of rotatable bonds is 7. The highest BCUT2D eigenvalue weighted by atomic mass is 32.2. The first-order valence-electron chi connectivity index (χ1n) is 8.17. The van der Waals surface area contributed by atoms with E-state index in [1.54, 1.807) is 0 Å². The predicted molar refractivity (Wildman–Crippen MR) is 106 cm³/mol. The third kappa shape index (κ3) is 4.83. The highest BCUT2D eigenvalue weighted by Gasteiger charge is 2.11. The summed E-state index contributed by atoms with van der Waals surface area (Å²) in [5, 5.41) is 2.78. The van der Waals surface area contributed by atoms with Crippen molar-refractivity contribution in [1.82, 2.24) is 4.98 Å². The van der Waals surface area contributed by atoms with Gasteiger partial charge < -0.3 is 10.1 Å². The van der Waals surface area contributed by atoms with Crippen molar-refractivity contribution in [2.45, 2.75) is 17.7 Å². The molecule has 1 aromatic heterocycles. The zero-order chi connectivity index (χ0) is 18.4. The van der Waals surface area contributed by atoms with Crippen molar-refractivity contribution < 1.29 is 14.3 Å². The molecule has 5 nitrogen and oxygen atoms in total. The van der Waals surface area contributed by atoms with Gasteiger partial charge >= 0.3 is 5.97 Å². The third-order valence-corrected chi connectivity index (χ3v) is 5.78. The van der Waals surface area contributed by atoms with Crippen molar-refractivity contribution in [3.63, 3.8) is 0 Å². The van der Waals surface area contributed by atoms with Crippen LogP contribution in [0.5, 0.6) is 0 Å². The van der Waals surface area contributed by atoms with Crippen LogP contribution < -0.4 is 5.32 Å². The van der Waals surface area contributed by atoms with E-state index in [-0.39, 0.29) is 18.3 Å². The maximum absolute atomic E-state index is 12.0. The summed E-state index contributed by atoms with van der Waals surface area (Å²) >= 11 is 2.85. The first-order chi connectivity index (χ1) is 12.7. The molecule has 0 atom stereocenters. The lowest BCUT2D eigenvalue weighted by atomic mass is 10.1. The Balaban J connectivity index is 1.45. The van der Waals surface area contributed by atoms with Crippen LogP contribution in [0.15, 0.2) is 52.9 Å². The number of anilines is 1. The van der Waals surface area contributed by atoms with Gasteiger partial charge in [-0.05, 0) is 30.2 Å². The smallest absolute Gasteiger partial charge is 0.316 e. The number of carbonyl (C=O) groups is 2. The molecule has 0 bridgehead atoms. The van der Waals surface area contributed by atoms with Gasteiger partial charge in [0.1, 0.15) is 0 Å². The molecule has 0 unspecified atom stereocenters. The molecule has 0 radical (unpaired) electrons. The number of nitrogens with one attached hydrogen (secondary N) is 1. The number of benzene rings is 2.